The fraction of sp³-hybridized carbons (Fsp3) is 0.600. The van der Waals surface area contributed by atoms with Gasteiger partial charge in [0.1, 0.15) is 5.75 Å². The van der Waals surface area contributed by atoms with Crippen LogP contribution in [0.25, 0.3) is 0 Å². The third-order valence-corrected chi connectivity index (χ3v) is 5.29. The van der Waals surface area contributed by atoms with Crippen LogP contribution in [0.4, 0.5) is 8.78 Å². The maximum atomic E-state index is 12.6. The lowest BCUT2D eigenvalue weighted by molar-refractivity contribution is -0.132. The highest BCUT2D eigenvalue weighted by Crippen LogP contribution is 2.20. The fourth-order valence-electron chi connectivity index (χ4n) is 3.85. The van der Waals surface area contributed by atoms with Crippen molar-refractivity contribution >= 4 is 11.8 Å². The highest BCUT2D eigenvalue weighted by molar-refractivity contribution is 5.82. The van der Waals surface area contributed by atoms with Gasteiger partial charge in [-0.1, -0.05) is 12.1 Å². The summed E-state index contributed by atoms with van der Waals surface area (Å²) in [5.74, 6) is 0.288. The van der Waals surface area contributed by atoms with Crippen LogP contribution in [-0.4, -0.2) is 55.5 Å². The Kier molecular flexibility index (Phi) is 7.19. The number of carbonyl (C=O) groups excluding carboxylic acids is 2. The zero-order chi connectivity index (χ0) is 19.9. The molecule has 2 saturated heterocycles. The minimum Gasteiger partial charge on any atom is -0.435 e. The van der Waals surface area contributed by atoms with E-state index in [4.69, 9.17) is 0 Å². The van der Waals surface area contributed by atoms with Crippen LogP contribution in [0.2, 0.25) is 0 Å². The summed E-state index contributed by atoms with van der Waals surface area (Å²) < 4.78 is 29.1. The molecular formula is C20H27F2N3O3. The molecule has 0 saturated carbocycles. The molecule has 0 aliphatic carbocycles. The number of hydrogen-bond acceptors (Lipinski definition) is 4. The first kappa shape index (κ1) is 20.5. The number of nitrogens with one attached hydrogen (secondary N) is 2. The number of carbonyl (C=O) groups is 2. The molecule has 0 radical (unpaired) electrons. The molecule has 2 aliphatic rings. The lowest BCUT2D eigenvalue weighted by Crippen LogP contribution is -2.47. The Morgan fingerprint density at radius 3 is 2.89 bits per heavy atom. The van der Waals surface area contributed by atoms with Crippen LogP contribution in [0.15, 0.2) is 24.3 Å². The van der Waals surface area contributed by atoms with Gasteiger partial charge < -0.3 is 20.3 Å². The predicted molar refractivity (Wildman–Crippen MR) is 100 cm³/mol. The zero-order valence-electron chi connectivity index (χ0n) is 15.8. The van der Waals surface area contributed by atoms with Crippen molar-refractivity contribution in [3.8, 4) is 5.75 Å². The van der Waals surface area contributed by atoms with Gasteiger partial charge in [-0.15, -0.1) is 0 Å². The van der Waals surface area contributed by atoms with Gasteiger partial charge in [0.15, 0.2) is 0 Å². The molecule has 2 atom stereocenters. The molecule has 2 heterocycles. The molecule has 2 unspecified atom stereocenters. The summed E-state index contributed by atoms with van der Waals surface area (Å²) in [6, 6.07) is 6.15. The number of ether oxygens (including phenoxy) is 1. The van der Waals surface area contributed by atoms with Crippen LogP contribution in [0.5, 0.6) is 5.75 Å². The number of benzene rings is 1. The Hall–Kier alpha value is -2.22. The van der Waals surface area contributed by atoms with Crippen LogP contribution in [0, 0.1) is 5.92 Å². The Balaban J connectivity index is 1.48. The van der Waals surface area contributed by atoms with Gasteiger partial charge in [0.05, 0.1) is 12.5 Å². The maximum Gasteiger partial charge on any atom is 0.387 e. The van der Waals surface area contributed by atoms with E-state index in [9.17, 15) is 18.4 Å². The monoisotopic (exact) mass is 395 g/mol. The van der Waals surface area contributed by atoms with Crippen molar-refractivity contribution in [2.24, 2.45) is 5.92 Å². The van der Waals surface area contributed by atoms with Gasteiger partial charge >= 0.3 is 6.61 Å². The minimum absolute atomic E-state index is 0.0387. The topological polar surface area (TPSA) is 70.7 Å². The molecule has 28 heavy (non-hydrogen) atoms. The molecule has 8 heteroatoms. The second kappa shape index (κ2) is 9.82. The van der Waals surface area contributed by atoms with Gasteiger partial charge in [-0.25, -0.2) is 0 Å². The summed E-state index contributed by atoms with van der Waals surface area (Å²) >= 11 is 0. The van der Waals surface area contributed by atoms with Crippen molar-refractivity contribution in [3.63, 3.8) is 0 Å². The Labute approximate surface area is 163 Å². The summed E-state index contributed by atoms with van der Waals surface area (Å²) in [6.07, 6.45) is 3.90. The lowest BCUT2D eigenvalue weighted by atomic mass is 9.97. The molecule has 6 nitrogen and oxygen atoms in total. The molecule has 2 amide bonds. The molecule has 154 valence electrons. The third-order valence-electron chi connectivity index (χ3n) is 5.29. The van der Waals surface area contributed by atoms with Crippen molar-refractivity contribution in [2.45, 2.75) is 44.8 Å². The van der Waals surface area contributed by atoms with Crippen molar-refractivity contribution in [1.29, 1.82) is 0 Å². The predicted octanol–water partition coefficient (Wildman–Crippen LogP) is 1.94. The average molecular weight is 395 g/mol. The van der Waals surface area contributed by atoms with Gasteiger partial charge in [0, 0.05) is 19.6 Å². The number of rotatable bonds is 7. The summed E-state index contributed by atoms with van der Waals surface area (Å²) in [6.45, 7) is -0.153. The summed E-state index contributed by atoms with van der Waals surface area (Å²) in [5.41, 5.74) is 0.644. The fourth-order valence-corrected chi connectivity index (χ4v) is 3.85. The Morgan fingerprint density at radius 1 is 1.29 bits per heavy atom. The van der Waals surface area contributed by atoms with Gasteiger partial charge in [0.25, 0.3) is 0 Å². The molecule has 0 aromatic heterocycles. The van der Waals surface area contributed by atoms with E-state index in [-0.39, 0.29) is 35.9 Å². The van der Waals surface area contributed by atoms with Crippen molar-refractivity contribution in [3.05, 3.63) is 29.8 Å². The molecule has 1 aromatic carbocycles. The number of likely N-dealkylation sites (tertiary alicyclic amines) is 1. The van der Waals surface area contributed by atoms with E-state index < -0.39 is 6.61 Å². The van der Waals surface area contributed by atoms with Gasteiger partial charge in [0.2, 0.25) is 11.8 Å². The average Bonchev–Trinajstić information content (AvgIpc) is 3.21. The number of alkyl halides is 2. The van der Waals surface area contributed by atoms with E-state index in [1.54, 1.807) is 17.0 Å². The van der Waals surface area contributed by atoms with Gasteiger partial charge in [-0.2, -0.15) is 8.78 Å². The van der Waals surface area contributed by atoms with Crippen molar-refractivity contribution < 1.29 is 23.1 Å². The standard InChI is InChI=1S/C20H27F2N3O3/c21-20(22)28-16-6-1-4-14(10-16)11-18(26)25-9-3-5-15(13-25)12-24-19(27)17-7-2-8-23-17/h1,4,6,10,15,17,20,23H,2-3,5,7-9,11-13H2,(H,24,27). The second-order valence-electron chi connectivity index (χ2n) is 7.44. The van der Waals surface area contributed by atoms with Crippen LogP contribution in [0.1, 0.15) is 31.2 Å². The van der Waals surface area contributed by atoms with E-state index in [2.05, 4.69) is 15.4 Å². The number of nitrogens with zero attached hydrogens (tertiary/aromatic N) is 1. The highest BCUT2D eigenvalue weighted by atomic mass is 19.3. The molecular weight excluding hydrogens is 368 g/mol. The van der Waals surface area contributed by atoms with Crippen molar-refractivity contribution in [2.75, 3.05) is 26.2 Å². The van der Waals surface area contributed by atoms with Crippen LogP contribution in [0.3, 0.4) is 0 Å². The minimum atomic E-state index is -2.89. The largest absolute Gasteiger partial charge is 0.435 e. The molecule has 2 aliphatic heterocycles. The normalized spacial score (nSPS) is 22.3. The number of halogens is 2. The number of amides is 2. The van der Waals surface area contributed by atoms with Crippen molar-refractivity contribution in [1.82, 2.24) is 15.5 Å². The van der Waals surface area contributed by atoms with E-state index in [1.165, 1.54) is 12.1 Å². The van der Waals surface area contributed by atoms with E-state index in [0.29, 0.717) is 25.2 Å². The first-order valence-corrected chi connectivity index (χ1v) is 9.84. The third kappa shape index (κ3) is 5.89. The van der Waals surface area contributed by atoms with Gasteiger partial charge in [-0.05, 0) is 55.8 Å². The van der Waals surface area contributed by atoms with Crippen LogP contribution in [-0.2, 0) is 16.0 Å². The molecule has 2 fully saturated rings. The van der Waals surface area contributed by atoms with Crippen LogP contribution < -0.4 is 15.4 Å². The van der Waals surface area contributed by atoms with E-state index >= 15 is 0 Å². The zero-order valence-corrected chi connectivity index (χ0v) is 15.8. The van der Waals surface area contributed by atoms with Crippen LogP contribution >= 0.6 is 0 Å². The highest BCUT2D eigenvalue weighted by Gasteiger charge is 2.26. The molecule has 0 bridgehead atoms. The molecule has 3 rings (SSSR count). The molecule has 0 spiro atoms. The summed E-state index contributed by atoms with van der Waals surface area (Å²) in [4.78, 5) is 26.6. The Morgan fingerprint density at radius 2 is 2.14 bits per heavy atom. The molecule has 1 aromatic rings. The molecule has 2 N–H and O–H groups in total. The summed E-state index contributed by atoms with van der Waals surface area (Å²) in [5, 5.41) is 6.18. The first-order chi connectivity index (χ1) is 13.5. The second-order valence-corrected chi connectivity index (χ2v) is 7.44. The van der Waals surface area contributed by atoms with E-state index in [0.717, 1.165) is 32.2 Å². The van der Waals surface area contributed by atoms with E-state index in [1.807, 2.05) is 0 Å². The quantitative estimate of drug-likeness (QED) is 0.740. The first-order valence-electron chi connectivity index (χ1n) is 9.84. The summed E-state index contributed by atoms with van der Waals surface area (Å²) in [7, 11) is 0. The Bertz CT molecular complexity index is 680. The SMILES string of the molecule is O=C(NCC1CCCN(C(=O)Cc2cccc(OC(F)F)c2)C1)C1CCCN1. The van der Waals surface area contributed by atoms with Gasteiger partial charge in [-0.3, -0.25) is 9.59 Å². The number of hydrogen-bond donors (Lipinski definition) is 2. The maximum absolute atomic E-state index is 12.6. The smallest absolute Gasteiger partial charge is 0.387 e. The lowest BCUT2D eigenvalue weighted by Gasteiger charge is -2.33. The number of piperidine rings is 1.